The van der Waals surface area contributed by atoms with Gasteiger partial charge in [-0.05, 0) is 51.7 Å². The van der Waals surface area contributed by atoms with E-state index in [4.69, 9.17) is 0 Å². The number of hydrogen-bond donors (Lipinski definition) is 0. The van der Waals surface area contributed by atoms with Gasteiger partial charge in [0.2, 0.25) is 10.0 Å². The van der Waals surface area contributed by atoms with Gasteiger partial charge in [0.25, 0.3) is 0 Å². The molecule has 0 bridgehead atoms. The van der Waals surface area contributed by atoms with Crippen LogP contribution < -0.4 is 9.21 Å². The Balaban J connectivity index is 1.46. The molecule has 1 atom stereocenters. The van der Waals surface area contributed by atoms with Gasteiger partial charge in [0.05, 0.1) is 28.1 Å². The second kappa shape index (κ2) is 7.19. The number of aromatic nitrogens is 4. The highest BCUT2D eigenvalue weighted by Crippen LogP contribution is 2.35. The van der Waals surface area contributed by atoms with Gasteiger partial charge in [0.15, 0.2) is 5.65 Å². The fraction of sp³-hybridized carbons (Fsp3) is 0.500. The first kappa shape index (κ1) is 20.2. The van der Waals surface area contributed by atoms with Crippen LogP contribution in [0.15, 0.2) is 36.8 Å². The van der Waals surface area contributed by atoms with Crippen LogP contribution in [0.4, 0.5) is 11.5 Å². The molecule has 4 heterocycles. The van der Waals surface area contributed by atoms with Crippen LogP contribution >= 0.6 is 0 Å². The van der Waals surface area contributed by atoms with Crippen molar-refractivity contribution in [2.75, 3.05) is 28.8 Å². The second-order valence-corrected chi connectivity index (χ2v) is 11.5. The molecule has 31 heavy (non-hydrogen) atoms. The van der Waals surface area contributed by atoms with Gasteiger partial charge in [-0.2, -0.15) is 5.10 Å². The van der Waals surface area contributed by atoms with Crippen LogP contribution in [0, 0.1) is 0 Å². The molecule has 9 heteroatoms. The third-order valence-electron chi connectivity index (χ3n) is 6.23. The third-order valence-corrected chi connectivity index (χ3v) is 8.45. The van der Waals surface area contributed by atoms with Gasteiger partial charge in [0, 0.05) is 19.6 Å². The average molecular weight is 441 g/mol. The highest BCUT2D eigenvalue weighted by Gasteiger charge is 2.39. The van der Waals surface area contributed by atoms with Crippen molar-refractivity contribution in [2.24, 2.45) is 0 Å². The van der Waals surface area contributed by atoms with Crippen molar-refractivity contribution in [1.29, 1.82) is 0 Å². The zero-order valence-corrected chi connectivity index (χ0v) is 19.0. The summed E-state index contributed by atoms with van der Waals surface area (Å²) in [7, 11) is -3.46. The molecule has 1 unspecified atom stereocenters. The summed E-state index contributed by atoms with van der Waals surface area (Å²) in [6, 6.07) is 7.80. The molecule has 0 spiro atoms. The number of anilines is 2. The molecule has 0 N–H and O–H groups in total. The SMILES string of the molecule is CC(C)(C)n1ncc2c(N3CCCC(S(=O)(=O)N4CCc5ccccc54)C3)ncnc21. The molecule has 0 aliphatic carbocycles. The maximum Gasteiger partial charge on any atom is 0.239 e. The second-order valence-electron chi connectivity index (χ2n) is 9.37. The standard InChI is InChI=1S/C22H28N6O2S/c1-22(2,3)28-21-18(13-25-28)20(23-15-24-21)26-11-6-8-17(14-26)31(29,30)27-12-10-16-7-4-5-9-19(16)27/h4-5,7,9,13,15,17H,6,8,10-12,14H2,1-3H3. The van der Waals surface area contributed by atoms with E-state index in [9.17, 15) is 8.42 Å². The van der Waals surface area contributed by atoms with E-state index in [1.807, 2.05) is 28.9 Å². The summed E-state index contributed by atoms with van der Waals surface area (Å²) >= 11 is 0. The Morgan fingerprint density at radius 3 is 2.71 bits per heavy atom. The first-order chi connectivity index (χ1) is 14.8. The Morgan fingerprint density at radius 1 is 1.10 bits per heavy atom. The molecule has 1 saturated heterocycles. The molecule has 3 aromatic rings. The first-order valence-corrected chi connectivity index (χ1v) is 12.3. The number of rotatable bonds is 3. The third kappa shape index (κ3) is 3.35. The molecular weight excluding hydrogens is 412 g/mol. The lowest BCUT2D eigenvalue weighted by Crippen LogP contribution is -2.48. The minimum absolute atomic E-state index is 0.204. The van der Waals surface area contributed by atoms with E-state index < -0.39 is 15.3 Å². The number of fused-ring (bicyclic) bond motifs is 2. The van der Waals surface area contributed by atoms with Gasteiger partial charge in [-0.25, -0.2) is 23.1 Å². The van der Waals surface area contributed by atoms with E-state index in [0.29, 0.717) is 19.5 Å². The van der Waals surface area contributed by atoms with E-state index in [1.165, 1.54) is 0 Å². The zero-order chi connectivity index (χ0) is 21.8. The molecule has 5 rings (SSSR count). The maximum absolute atomic E-state index is 13.6. The van der Waals surface area contributed by atoms with Crippen molar-refractivity contribution in [3.05, 3.63) is 42.4 Å². The molecule has 8 nitrogen and oxygen atoms in total. The summed E-state index contributed by atoms with van der Waals surface area (Å²) in [5, 5.41) is 4.94. The van der Waals surface area contributed by atoms with Crippen LogP contribution in [0.2, 0.25) is 0 Å². The van der Waals surface area contributed by atoms with E-state index in [1.54, 1.807) is 16.8 Å². The molecule has 0 saturated carbocycles. The van der Waals surface area contributed by atoms with Crippen molar-refractivity contribution in [1.82, 2.24) is 19.7 Å². The fourth-order valence-electron chi connectivity index (χ4n) is 4.70. The minimum atomic E-state index is -3.46. The molecule has 1 fully saturated rings. The van der Waals surface area contributed by atoms with Crippen LogP contribution in [0.3, 0.4) is 0 Å². The zero-order valence-electron chi connectivity index (χ0n) is 18.2. The van der Waals surface area contributed by atoms with E-state index in [2.05, 4.69) is 40.7 Å². The predicted octanol–water partition coefficient (Wildman–Crippen LogP) is 2.94. The Kier molecular flexibility index (Phi) is 4.69. The van der Waals surface area contributed by atoms with Crippen molar-refractivity contribution >= 4 is 32.6 Å². The summed E-state index contributed by atoms with van der Waals surface area (Å²) < 4.78 is 30.7. The lowest BCUT2D eigenvalue weighted by Gasteiger charge is -2.35. The van der Waals surface area contributed by atoms with Gasteiger partial charge < -0.3 is 4.90 Å². The summed E-state index contributed by atoms with van der Waals surface area (Å²) in [4.78, 5) is 11.1. The lowest BCUT2D eigenvalue weighted by molar-refractivity contribution is 0.366. The van der Waals surface area contributed by atoms with E-state index in [0.717, 1.165) is 47.5 Å². The van der Waals surface area contributed by atoms with Crippen LogP contribution in [0.25, 0.3) is 11.0 Å². The molecule has 2 aliphatic heterocycles. The number of benzene rings is 1. The molecule has 164 valence electrons. The van der Waals surface area contributed by atoms with Gasteiger partial charge >= 0.3 is 0 Å². The van der Waals surface area contributed by atoms with Gasteiger partial charge in [0.1, 0.15) is 12.1 Å². The van der Waals surface area contributed by atoms with Crippen LogP contribution in [0.5, 0.6) is 0 Å². The topological polar surface area (TPSA) is 84.2 Å². The quantitative estimate of drug-likeness (QED) is 0.623. The first-order valence-electron chi connectivity index (χ1n) is 10.8. The van der Waals surface area contributed by atoms with Crippen molar-refractivity contribution in [3.8, 4) is 0 Å². The molecular formula is C22H28N6O2S. The minimum Gasteiger partial charge on any atom is -0.355 e. The molecule has 0 radical (unpaired) electrons. The normalized spacial score (nSPS) is 19.8. The van der Waals surface area contributed by atoms with Gasteiger partial charge in [-0.3, -0.25) is 4.31 Å². The van der Waals surface area contributed by atoms with Crippen molar-refractivity contribution < 1.29 is 8.42 Å². The number of nitrogens with zero attached hydrogens (tertiary/aromatic N) is 6. The number of piperidine rings is 1. The van der Waals surface area contributed by atoms with Gasteiger partial charge in [-0.1, -0.05) is 18.2 Å². The molecule has 2 aliphatic rings. The Hall–Kier alpha value is -2.68. The van der Waals surface area contributed by atoms with Crippen molar-refractivity contribution in [2.45, 2.75) is 50.8 Å². The average Bonchev–Trinajstić information content (AvgIpc) is 3.38. The number of hydrogen-bond acceptors (Lipinski definition) is 6. The van der Waals surface area contributed by atoms with Crippen LogP contribution in [-0.4, -0.2) is 53.1 Å². The smallest absolute Gasteiger partial charge is 0.239 e. The maximum atomic E-state index is 13.6. The van der Waals surface area contributed by atoms with E-state index >= 15 is 0 Å². The molecule has 0 amide bonds. The monoisotopic (exact) mass is 440 g/mol. The highest BCUT2D eigenvalue weighted by molar-refractivity contribution is 7.93. The van der Waals surface area contributed by atoms with Gasteiger partial charge in [-0.15, -0.1) is 0 Å². The predicted molar refractivity (Wildman–Crippen MR) is 122 cm³/mol. The summed E-state index contributed by atoms with van der Waals surface area (Å²) in [5.74, 6) is 0.766. The largest absolute Gasteiger partial charge is 0.355 e. The lowest BCUT2D eigenvalue weighted by atomic mass is 10.1. The Labute approximate surface area is 182 Å². The highest BCUT2D eigenvalue weighted by atomic mass is 32.2. The Morgan fingerprint density at radius 2 is 1.90 bits per heavy atom. The number of sulfonamides is 1. The van der Waals surface area contributed by atoms with Crippen molar-refractivity contribution in [3.63, 3.8) is 0 Å². The number of para-hydroxylation sites is 1. The summed E-state index contributed by atoms with van der Waals surface area (Å²) in [6.45, 7) is 7.97. The molecule has 2 aromatic heterocycles. The fourth-order valence-corrected chi connectivity index (χ4v) is 6.69. The summed E-state index contributed by atoms with van der Waals surface area (Å²) in [5.41, 5.74) is 2.50. The van der Waals surface area contributed by atoms with Crippen LogP contribution in [-0.2, 0) is 22.0 Å². The Bertz CT molecular complexity index is 1230. The van der Waals surface area contributed by atoms with Crippen LogP contribution in [0.1, 0.15) is 39.2 Å². The molecule has 1 aromatic carbocycles. The summed E-state index contributed by atoms with van der Waals surface area (Å²) in [6.07, 6.45) is 5.58. The van der Waals surface area contributed by atoms with E-state index in [-0.39, 0.29) is 5.54 Å².